The third kappa shape index (κ3) is 5.21. The monoisotopic (exact) mass is 410 g/mol. The summed E-state index contributed by atoms with van der Waals surface area (Å²) in [6.45, 7) is 0.437. The molecule has 3 aromatic carbocycles. The number of halogens is 1. The molecule has 0 aliphatic carbocycles. The van der Waals surface area contributed by atoms with Crippen molar-refractivity contribution in [3.63, 3.8) is 0 Å². The highest BCUT2D eigenvalue weighted by Crippen LogP contribution is 2.35. The number of carbonyl (C=O) groups excluding carboxylic acids is 1. The van der Waals surface area contributed by atoms with Crippen LogP contribution in [0.1, 0.15) is 17.0 Å². The average molecular weight is 411 g/mol. The average Bonchev–Trinajstić information content (AvgIpc) is 2.75. The molecule has 0 unspecified atom stereocenters. The fraction of sp³-hybridized carbons (Fsp3) is 0.174. The first-order valence-electron chi connectivity index (χ1n) is 9.18. The van der Waals surface area contributed by atoms with Crippen LogP contribution in [0.2, 0.25) is 5.02 Å². The van der Waals surface area contributed by atoms with Gasteiger partial charge in [-0.25, -0.2) is 4.79 Å². The number of nitrogens with one attached hydrogen (secondary N) is 2. The lowest BCUT2D eigenvalue weighted by Gasteiger charge is -2.19. The van der Waals surface area contributed by atoms with Crippen molar-refractivity contribution in [2.45, 2.75) is 5.92 Å². The van der Waals surface area contributed by atoms with Crippen LogP contribution in [-0.2, 0) is 0 Å². The zero-order valence-electron chi connectivity index (χ0n) is 16.3. The van der Waals surface area contributed by atoms with Crippen LogP contribution in [0.5, 0.6) is 11.5 Å². The second-order valence-corrected chi connectivity index (χ2v) is 6.80. The van der Waals surface area contributed by atoms with Gasteiger partial charge in [-0.2, -0.15) is 0 Å². The van der Waals surface area contributed by atoms with E-state index in [1.165, 1.54) is 14.2 Å². The first kappa shape index (κ1) is 20.6. The van der Waals surface area contributed by atoms with E-state index >= 15 is 0 Å². The number of carbonyl (C=O) groups is 1. The largest absolute Gasteiger partial charge is 0.495 e. The van der Waals surface area contributed by atoms with Gasteiger partial charge in [-0.3, -0.25) is 0 Å². The van der Waals surface area contributed by atoms with E-state index in [-0.39, 0.29) is 11.9 Å². The number of hydrogen-bond donors (Lipinski definition) is 2. The van der Waals surface area contributed by atoms with E-state index in [1.807, 2.05) is 36.4 Å². The van der Waals surface area contributed by atoms with Crippen molar-refractivity contribution in [2.75, 3.05) is 26.1 Å². The Kier molecular flexibility index (Phi) is 6.98. The standard InChI is InChI=1S/C23H23ClN2O3/c1-28-21-14-22(29-2)20(13-19(21)24)26-23(27)25-15-18(16-9-5-3-6-10-16)17-11-7-4-8-12-17/h3-14,18H,15H2,1-2H3,(H2,25,26,27). The van der Waals surface area contributed by atoms with E-state index in [2.05, 4.69) is 34.9 Å². The van der Waals surface area contributed by atoms with E-state index in [0.717, 1.165) is 11.1 Å². The normalized spacial score (nSPS) is 10.5. The summed E-state index contributed by atoms with van der Waals surface area (Å²) in [4.78, 5) is 12.6. The quantitative estimate of drug-likeness (QED) is 0.554. The smallest absolute Gasteiger partial charge is 0.319 e. The van der Waals surface area contributed by atoms with Gasteiger partial charge in [0.15, 0.2) is 0 Å². The van der Waals surface area contributed by atoms with E-state index in [9.17, 15) is 4.79 Å². The molecule has 150 valence electrons. The number of hydrogen-bond acceptors (Lipinski definition) is 3. The molecule has 2 N–H and O–H groups in total. The minimum Gasteiger partial charge on any atom is -0.495 e. The summed E-state index contributed by atoms with van der Waals surface area (Å²) in [6.07, 6.45) is 0. The minimum absolute atomic E-state index is 0.0319. The van der Waals surface area contributed by atoms with Crippen LogP contribution in [0.15, 0.2) is 72.8 Å². The van der Waals surface area contributed by atoms with Crippen molar-refractivity contribution < 1.29 is 14.3 Å². The number of methoxy groups -OCH3 is 2. The van der Waals surface area contributed by atoms with Crippen molar-refractivity contribution in [1.29, 1.82) is 0 Å². The third-order valence-electron chi connectivity index (χ3n) is 4.59. The lowest BCUT2D eigenvalue weighted by molar-refractivity contribution is 0.251. The number of amides is 2. The summed E-state index contributed by atoms with van der Waals surface area (Å²) in [5, 5.41) is 6.13. The second kappa shape index (κ2) is 9.85. The maximum atomic E-state index is 12.6. The first-order valence-corrected chi connectivity index (χ1v) is 9.56. The Morgan fingerprint density at radius 3 is 1.97 bits per heavy atom. The first-order chi connectivity index (χ1) is 14.1. The highest BCUT2D eigenvalue weighted by molar-refractivity contribution is 6.32. The van der Waals surface area contributed by atoms with Crippen LogP contribution in [0.3, 0.4) is 0 Å². The summed E-state index contributed by atoms with van der Waals surface area (Å²) in [6, 6.07) is 23.1. The van der Waals surface area contributed by atoms with E-state index < -0.39 is 0 Å². The van der Waals surface area contributed by atoms with E-state index in [0.29, 0.717) is 28.8 Å². The second-order valence-electron chi connectivity index (χ2n) is 6.40. The van der Waals surface area contributed by atoms with Crippen molar-refractivity contribution in [3.8, 4) is 11.5 Å². The summed E-state index contributed by atoms with van der Waals surface area (Å²) in [5.74, 6) is 0.969. The molecule has 29 heavy (non-hydrogen) atoms. The zero-order chi connectivity index (χ0) is 20.6. The molecule has 5 nitrogen and oxygen atoms in total. The van der Waals surface area contributed by atoms with Gasteiger partial charge in [0.1, 0.15) is 11.5 Å². The van der Waals surface area contributed by atoms with Crippen LogP contribution < -0.4 is 20.1 Å². The van der Waals surface area contributed by atoms with Crippen LogP contribution in [0.4, 0.5) is 10.5 Å². The lowest BCUT2D eigenvalue weighted by atomic mass is 9.91. The molecule has 2 amide bonds. The molecular weight excluding hydrogens is 388 g/mol. The molecule has 0 radical (unpaired) electrons. The van der Waals surface area contributed by atoms with Crippen molar-refractivity contribution in [2.24, 2.45) is 0 Å². The summed E-state index contributed by atoms with van der Waals surface area (Å²) in [5.41, 5.74) is 2.72. The molecule has 0 fully saturated rings. The fourth-order valence-corrected chi connectivity index (χ4v) is 3.36. The molecule has 0 aromatic heterocycles. The maximum Gasteiger partial charge on any atom is 0.319 e. The maximum absolute atomic E-state index is 12.6. The molecule has 0 atom stereocenters. The summed E-state index contributed by atoms with van der Waals surface area (Å²) < 4.78 is 10.5. The Hall–Kier alpha value is -3.18. The van der Waals surface area contributed by atoms with Crippen molar-refractivity contribution >= 4 is 23.3 Å². The Morgan fingerprint density at radius 2 is 1.45 bits per heavy atom. The number of urea groups is 1. The molecular formula is C23H23ClN2O3. The van der Waals surface area contributed by atoms with Crippen LogP contribution in [0, 0.1) is 0 Å². The summed E-state index contributed by atoms with van der Waals surface area (Å²) >= 11 is 6.18. The molecule has 0 heterocycles. The molecule has 0 spiro atoms. The number of anilines is 1. The molecule has 0 aliphatic rings. The highest BCUT2D eigenvalue weighted by atomic mass is 35.5. The Labute approximate surface area is 175 Å². The summed E-state index contributed by atoms with van der Waals surface area (Å²) in [7, 11) is 3.04. The van der Waals surface area contributed by atoms with Crippen LogP contribution in [-0.4, -0.2) is 26.8 Å². The molecule has 3 rings (SSSR count). The molecule has 3 aromatic rings. The Bertz CT molecular complexity index is 910. The zero-order valence-corrected chi connectivity index (χ0v) is 17.1. The van der Waals surface area contributed by atoms with Crippen LogP contribution in [0.25, 0.3) is 0 Å². The topological polar surface area (TPSA) is 59.6 Å². The van der Waals surface area contributed by atoms with Gasteiger partial charge in [-0.05, 0) is 17.2 Å². The lowest BCUT2D eigenvalue weighted by Crippen LogP contribution is -2.32. The molecule has 0 saturated carbocycles. The SMILES string of the molecule is COc1cc(OC)c(NC(=O)NCC(c2ccccc2)c2ccccc2)cc1Cl. The molecule has 0 saturated heterocycles. The number of benzene rings is 3. The third-order valence-corrected chi connectivity index (χ3v) is 4.89. The molecule has 0 bridgehead atoms. The van der Waals surface area contributed by atoms with Gasteiger partial charge in [0.05, 0.1) is 24.9 Å². The fourth-order valence-electron chi connectivity index (χ4n) is 3.12. The Balaban J connectivity index is 1.74. The van der Waals surface area contributed by atoms with Gasteiger partial charge in [-0.15, -0.1) is 0 Å². The minimum atomic E-state index is -0.346. The van der Waals surface area contributed by atoms with E-state index in [4.69, 9.17) is 21.1 Å². The molecule has 6 heteroatoms. The predicted octanol–water partition coefficient (Wildman–Crippen LogP) is 5.31. The van der Waals surface area contributed by atoms with Gasteiger partial charge in [0.25, 0.3) is 0 Å². The van der Waals surface area contributed by atoms with Gasteiger partial charge in [-0.1, -0.05) is 72.3 Å². The predicted molar refractivity (Wildman–Crippen MR) is 116 cm³/mol. The number of rotatable bonds is 7. The molecule has 0 aliphatic heterocycles. The Morgan fingerprint density at radius 1 is 0.897 bits per heavy atom. The number of ether oxygens (including phenoxy) is 2. The van der Waals surface area contributed by atoms with Crippen molar-refractivity contribution in [3.05, 3.63) is 88.9 Å². The van der Waals surface area contributed by atoms with Gasteiger partial charge < -0.3 is 20.1 Å². The van der Waals surface area contributed by atoms with E-state index in [1.54, 1.807) is 12.1 Å². The van der Waals surface area contributed by atoms with Gasteiger partial charge in [0, 0.05) is 18.5 Å². The van der Waals surface area contributed by atoms with Crippen molar-refractivity contribution in [1.82, 2.24) is 5.32 Å². The van der Waals surface area contributed by atoms with Gasteiger partial charge in [0.2, 0.25) is 0 Å². The van der Waals surface area contributed by atoms with Crippen LogP contribution >= 0.6 is 11.6 Å². The highest BCUT2D eigenvalue weighted by Gasteiger charge is 2.17. The van der Waals surface area contributed by atoms with Gasteiger partial charge >= 0.3 is 6.03 Å².